The molecule has 0 aromatic heterocycles. The van der Waals surface area contributed by atoms with Crippen LogP contribution in [0.3, 0.4) is 0 Å². The Balaban J connectivity index is 1.55. The zero-order valence-corrected chi connectivity index (χ0v) is 17.9. The molecule has 0 fully saturated rings. The number of rotatable bonds is 10. The Kier molecular flexibility index (Phi) is 7.08. The molecule has 0 saturated heterocycles. The molecule has 0 radical (unpaired) electrons. The SMILES string of the molecule is C=CC(=O)OCCOc1c2c(c(OCCOc3ccccc3)c3ccccc13)CC=CC2. The second-order valence-corrected chi connectivity index (χ2v) is 7.27. The molecule has 5 nitrogen and oxygen atoms in total. The molecule has 0 atom stereocenters. The number of ether oxygens (including phenoxy) is 4. The van der Waals surface area contributed by atoms with Crippen molar-refractivity contribution in [2.45, 2.75) is 12.8 Å². The van der Waals surface area contributed by atoms with Crippen LogP contribution >= 0.6 is 0 Å². The van der Waals surface area contributed by atoms with Gasteiger partial charge in [0.25, 0.3) is 0 Å². The minimum atomic E-state index is -0.454. The quantitative estimate of drug-likeness (QED) is 0.195. The Morgan fingerprint density at radius 1 is 0.750 bits per heavy atom. The number of hydrogen-bond acceptors (Lipinski definition) is 5. The minimum Gasteiger partial charge on any atom is -0.490 e. The number of para-hydroxylation sites is 1. The second-order valence-electron chi connectivity index (χ2n) is 7.27. The van der Waals surface area contributed by atoms with Crippen LogP contribution in [-0.2, 0) is 22.4 Å². The van der Waals surface area contributed by atoms with Crippen LogP contribution in [0.25, 0.3) is 10.8 Å². The maximum Gasteiger partial charge on any atom is 0.330 e. The Hall–Kier alpha value is -3.73. The summed E-state index contributed by atoms with van der Waals surface area (Å²) < 4.78 is 23.2. The van der Waals surface area contributed by atoms with E-state index < -0.39 is 5.97 Å². The van der Waals surface area contributed by atoms with Crippen molar-refractivity contribution in [3.05, 3.63) is 90.5 Å². The molecule has 0 spiro atoms. The topological polar surface area (TPSA) is 54.0 Å². The molecule has 0 aliphatic heterocycles. The number of benzene rings is 3. The van der Waals surface area contributed by atoms with Crippen LogP contribution in [0.2, 0.25) is 0 Å². The first-order valence-electron chi connectivity index (χ1n) is 10.7. The average Bonchev–Trinajstić information content (AvgIpc) is 2.85. The summed E-state index contributed by atoms with van der Waals surface area (Å²) >= 11 is 0. The summed E-state index contributed by atoms with van der Waals surface area (Å²) in [7, 11) is 0. The molecule has 3 aromatic carbocycles. The lowest BCUT2D eigenvalue weighted by atomic mass is 9.90. The van der Waals surface area contributed by atoms with Gasteiger partial charge >= 0.3 is 5.97 Å². The van der Waals surface area contributed by atoms with Gasteiger partial charge in [0.1, 0.15) is 43.7 Å². The number of hydrogen-bond donors (Lipinski definition) is 0. The Bertz CT molecular complexity index is 1120. The van der Waals surface area contributed by atoms with Crippen molar-refractivity contribution in [3.63, 3.8) is 0 Å². The lowest BCUT2D eigenvalue weighted by Gasteiger charge is -2.23. The summed E-state index contributed by atoms with van der Waals surface area (Å²) in [6.07, 6.45) is 6.98. The van der Waals surface area contributed by atoms with Gasteiger partial charge in [-0.25, -0.2) is 4.79 Å². The predicted octanol–water partition coefficient (Wildman–Crippen LogP) is 5.06. The molecule has 0 unspecified atom stereocenters. The van der Waals surface area contributed by atoms with Gasteiger partial charge in [-0.05, 0) is 25.0 Å². The van der Waals surface area contributed by atoms with Crippen LogP contribution in [0.1, 0.15) is 11.1 Å². The van der Waals surface area contributed by atoms with Crippen molar-refractivity contribution in [1.29, 1.82) is 0 Å². The molecule has 0 amide bonds. The van der Waals surface area contributed by atoms with E-state index in [1.54, 1.807) is 0 Å². The van der Waals surface area contributed by atoms with E-state index in [1.807, 2.05) is 54.6 Å². The zero-order valence-electron chi connectivity index (χ0n) is 17.9. The molecule has 1 aliphatic carbocycles. The van der Waals surface area contributed by atoms with E-state index in [0.29, 0.717) is 13.2 Å². The summed E-state index contributed by atoms with van der Waals surface area (Å²) in [4.78, 5) is 11.3. The summed E-state index contributed by atoms with van der Waals surface area (Å²) in [5, 5.41) is 1.98. The average molecular weight is 431 g/mol. The van der Waals surface area contributed by atoms with Crippen LogP contribution < -0.4 is 14.2 Å². The van der Waals surface area contributed by atoms with Crippen molar-refractivity contribution >= 4 is 16.7 Å². The maximum absolute atomic E-state index is 11.3. The summed E-state index contributed by atoms with van der Waals surface area (Å²) in [5.74, 6) is 2.07. The molecule has 0 N–H and O–H groups in total. The monoisotopic (exact) mass is 430 g/mol. The predicted molar refractivity (Wildman–Crippen MR) is 125 cm³/mol. The minimum absolute atomic E-state index is 0.166. The highest BCUT2D eigenvalue weighted by molar-refractivity contribution is 5.96. The number of fused-ring (bicyclic) bond motifs is 2. The fraction of sp³-hybridized carbons (Fsp3) is 0.222. The van der Waals surface area contributed by atoms with Gasteiger partial charge in [0.05, 0.1) is 0 Å². The highest BCUT2D eigenvalue weighted by Gasteiger charge is 2.22. The lowest BCUT2D eigenvalue weighted by Crippen LogP contribution is -2.14. The van der Waals surface area contributed by atoms with E-state index in [-0.39, 0.29) is 13.2 Å². The molecule has 1 aliphatic rings. The number of esters is 1. The molecule has 4 rings (SSSR count). The highest BCUT2D eigenvalue weighted by Crippen LogP contribution is 2.43. The van der Waals surface area contributed by atoms with Crippen molar-refractivity contribution < 1.29 is 23.7 Å². The number of carbonyl (C=O) groups excluding carboxylic acids is 1. The van der Waals surface area contributed by atoms with E-state index in [4.69, 9.17) is 18.9 Å². The van der Waals surface area contributed by atoms with Gasteiger partial charge in [0.2, 0.25) is 0 Å². The number of allylic oxidation sites excluding steroid dienone is 2. The fourth-order valence-corrected chi connectivity index (χ4v) is 3.81. The van der Waals surface area contributed by atoms with Crippen LogP contribution in [-0.4, -0.2) is 32.4 Å². The van der Waals surface area contributed by atoms with Gasteiger partial charge in [0.15, 0.2) is 0 Å². The van der Waals surface area contributed by atoms with Crippen LogP contribution in [0.4, 0.5) is 0 Å². The summed E-state index contributed by atoms with van der Waals surface area (Å²) in [5.41, 5.74) is 2.24. The third-order valence-electron chi connectivity index (χ3n) is 5.22. The van der Waals surface area contributed by atoms with Crippen molar-refractivity contribution in [2.75, 3.05) is 26.4 Å². The summed E-state index contributed by atoms with van der Waals surface area (Å²) in [6.45, 7) is 4.73. The molecule has 32 heavy (non-hydrogen) atoms. The van der Waals surface area contributed by atoms with Crippen LogP contribution in [0.5, 0.6) is 17.2 Å². The number of carbonyl (C=O) groups is 1. The Labute approximate surface area is 187 Å². The Morgan fingerprint density at radius 2 is 1.28 bits per heavy atom. The molecule has 3 aromatic rings. The smallest absolute Gasteiger partial charge is 0.330 e. The first-order valence-corrected chi connectivity index (χ1v) is 10.7. The first kappa shape index (κ1) is 21.5. The van der Waals surface area contributed by atoms with Crippen molar-refractivity contribution in [2.24, 2.45) is 0 Å². The molecule has 5 heteroatoms. The molecule has 0 bridgehead atoms. The van der Waals surface area contributed by atoms with E-state index >= 15 is 0 Å². The van der Waals surface area contributed by atoms with Gasteiger partial charge in [-0.2, -0.15) is 0 Å². The summed E-state index contributed by atoms with van der Waals surface area (Å²) in [6, 6.07) is 17.8. The van der Waals surface area contributed by atoms with E-state index in [2.05, 4.69) is 18.7 Å². The van der Waals surface area contributed by atoms with E-state index in [1.165, 1.54) is 0 Å². The van der Waals surface area contributed by atoms with Gasteiger partial charge in [0, 0.05) is 28.0 Å². The second kappa shape index (κ2) is 10.5. The van der Waals surface area contributed by atoms with E-state index in [0.717, 1.165) is 58.1 Å². The molecule has 0 heterocycles. The highest BCUT2D eigenvalue weighted by atomic mass is 16.6. The zero-order chi connectivity index (χ0) is 22.2. The molecule has 164 valence electrons. The van der Waals surface area contributed by atoms with E-state index in [9.17, 15) is 4.79 Å². The Morgan fingerprint density at radius 3 is 1.88 bits per heavy atom. The van der Waals surface area contributed by atoms with Gasteiger partial charge in [-0.3, -0.25) is 0 Å². The first-order chi connectivity index (χ1) is 15.8. The molecular weight excluding hydrogens is 404 g/mol. The fourth-order valence-electron chi connectivity index (χ4n) is 3.81. The third-order valence-corrected chi connectivity index (χ3v) is 5.22. The third kappa shape index (κ3) is 4.94. The maximum atomic E-state index is 11.3. The van der Waals surface area contributed by atoms with Gasteiger partial charge in [-0.1, -0.05) is 61.2 Å². The van der Waals surface area contributed by atoms with Gasteiger partial charge in [-0.15, -0.1) is 0 Å². The molecular formula is C27H26O5. The van der Waals surface area contributed by atoms with Crippen LogP contribution in [0, 0.1) is 0 Å². The largest absolute Gasteiger partial charge is 0.490 e. The molecule has 0 saturated carbocycles. The standard InChI is InChI=1S/C27H26O5/c1-2-25(28)30-17-19-32-27-23-14-8-6-12-21(23)26(22-13-7-9-15-24(22)27)31-18-16-29-20-10-4-3-5-11-20/h2-12,14H,1,13,15-19H2. The van der Waals surface area contributed by atoms with Crippen molar-refractivity contribution in [3.8, 4) is 17.2 Å². The lowest BCUT2D eigenvalue weighted by molar-refractivity contribution is -0.138. The van der Waals surface area contributed by atoms with Gasteiger partial charge < -0.3 is 18.9 Å². The normalized spacial score (nSPS) is 12.1. The van der Waals surface area contributed by atoms with Crippen LogP contribution in [0.15, 0.2) is 79.4 Å². The van der Waals surface area contributed by atoms with Crippen molar-refractivity contribution in [1.82, 2.24) is 0 Å².